The van der Waals surface area contributed by atoms with E-state index in [0.717, 1.165) is 6.26 Å². The summed E-state index contributed by atoms with van der Waals surface area (Å²) < 4.78 is 5.04. The number of primary amides is 1. The Labute approximate surface area is 98.8 Å². The molecule has 0 aliphatic heterocycles. The van der Waals surface area contributed by atoms with Crippen LogP contribution in [-0.4, -0.2) is 23.0 Å². The van der Waals surface area contributed by atoms with Gasteiger partial charge in [0.25, 0.3) is 0 Å². The minimum Gasteiger partial charge on any atom is -0.478 e. The third-order valence-corrected chi connectivity index (χ3v) is 2.37. The molecule has 0 fully saturated rings. The fourth-order valence-electron chi connectivity index (χ4n) is 1.46. The number of aromatic carboxylic acids is 1. The number of hydrogen-bond donors (Lipinski definition) is 3. The average molecular weight is 240 g/mol. The predicted molar refractivity (Wildman–Crippen MR) is 60.3 cm³/mol. The molecular weight excluding hydrogens is 224 g/mol. The van der Waals surface area contributed by atoms with Crippen molar-refractivity contribution in [1.29, 1.82) is 0 Å². The molecule has 0 bridgehead atoms. The lowest BCUT2D eigenvalue weighted by Crippen LogP contribution is -2.44. The molecule has 0 aliphatic carbocycles. The summed E-state index contributed by atoms with van der Waals surface area (Å²) in [5, 5.41) is 11.6. The van der Waals surface area contributed by atoms with Crippen molar-refractivity contribution in [2.75, 3.05) is 0 Å². The van der Waals surface area contributed by atoms with Crippen LogP contribution in [0.2, 0.25) is 0 Å². The van der Waals surface area contributed by atoms with Gasteiger partial charge in [0.2, 0.25) is 5.91 Å². The van der Waals surface area contributed by atoms with Gasteiger partial charge in [0.1, 0.15) is 12.0 Å². The maximum absolute atomic E-state index is 11.1. The lowest BCUT2D eigenvalue weighted by molar-refractivity contribution is -0.121. The molecule has 0 spiro atoms. The van der Waals surface area contributed by atoms with Crippen molar-refractivity contribution in [3.8, 4) is 0 Å². The van der Waals surface area contributed by atoms with Gasteiger partial charge in [-0.2, -0.15) is 0 Å². The van der Waals surface area contributed by atoms with Crippen LogP contribution in [0.4, 0.5) is 0 Å². The van der Waals surface area contributed by atoms with Crippen LogP contribution in [0.25, 0.3) is 0 Å². The molecule has 1 heterocycles. The summed E-state index contributed by atoms with van der Waals surface area (Å²) >= 11 is 0. The van der Waals surface area contributed by atoms with Gasteiger partial charge in [-0.05, 0) is 12.0 Å². The molecule has 0 saturated heterocycles. The number of carboxylic acid groups (broad SMARTS) is 1. The van der Waals surface area contributed by atoms with E-state index in [2.05, 4.69) is 5.32 Å². The number of rotatable bonds is 6. The van der Waals surface area contributed by atoms with Gasteiger partial charge in [-0.25, -0.2) is 4.79 Å². The number of carboxylic acids is 1. The Morgan fingerprint density at radius 2 is 2.18 bits per heavy atom. The predicted octanol–water partition coefficient (Wildman–Crippen LogP) is 0.577. The van der Waals surface area contributed by atoms with E-state index >= 15 is 0 Å². The molecule has 6 heteroatoms. The van der Waals surface area contributed by atoms with Crippen LogP contribution < -0.4 is 11.1 Å². The zero-order chi connectivity index (χ0) is 13.0. The monoisotopic (exact) mass is 240 g/mol. The van der Waals surface area contributed by atoms with Crippen molar-refractivity contribution >= 4 is 11.9 Å². The molecule has 1 amide bonds. The molecule has 94 valence electrons. The lowest BCUT2D eigenvalue weighted by atomic mass is 10.0. The molecule has 1 aromatic rings. The molecule has 4 N–H and O–H groups in total. The van der Waals surface area contributed by atoms with Crippen LogP contribution in [0.1, 0.15) is 30.0 Å². The minimum absolute atomic E-state index is 0.0569. The first-order chi connectivity index (χ1) is 7.91. The summed E-state index contributed by atoms with van der Waals surface area (Å²) in [6.45, 7) is 4.00. The molecule has 1 rings (SSSR count). The highest BCUT2D eigenvalue weighted by atomic mass is 16.4. The smallest absolute Gasteiger partial charge is 0.338 e. The second-order valence-corrected chi connectivity index (χ2v) is 4.11. The number of hydrogen-bond acceptors (Lipinski definition) is 4. The molecule has 1 atom stereocenters. The minimum atomic E-state index is -1.05. The summed E-state index contributed by atoms with van der Waals surface area (Å²) in [5.41, 5.74) is 5.31. The zero-order valence-corrected chi connectivity index (χ0v) is 9.77. The molecule has 1 unspecified atom stereocenters. The molecule has 0 radical (unpaired) electrons. The molecule has 6 nitrogen and oxygen atoms in total. The number of nitrogens with one attached hydrogen (secondary N) is 1. The van der Waals surface area contributed by atoms with Gasteiger partial charge in [0.15, 0.2) is 0 Å². The number of furan rings is 1. The topological polar surface area (TPSA) is 106 Å². The van der Waals surface area contributed by atoms with Crippen molar-refractivity contribution in [3.63, 3.8) is 0 Å². The second kappa shape index (κ2) is 5.49. The van der Waals surface area contributed by atoms with E-state index in [9.17, 15) is 9.59 Å². The van der Waals surface area contributed by atoms with Crippen molar-refractivity contribution in [3.05, 3.63) is 23.7 Å². The Bertz CT molecular complexity index is 411. The van der Waals surface area contributed by atoms with Gasteiger partial charge >= 0.3 is 5.97 Å². The molecule has 0 aromatic carbocycles. The van der Waals surface area contributed by atoms with Crippen molar-refractivity contribution in [1.82, 2.24) is 5.32 Å². The third kappa shape index (κ3) is 3.60. The van der Waals surface area contributed by atoms with Gasteiger partial charge in [-0.1, -0.05) is 13.8 Å². The Morgan fingerprint density at radius 3 is 2.59 bits per heavy atom. The highest BCUT2D eigenvalue weighted by Crippen LogP contribution is 2.09. The maximum Gasteiger partial charge on any atom is 0.338 e. The molecule has 1 aromatic heterocycles. The van der Waals surface area contributed by atoms with Gasteiger partial charge in [0.05, 0.1) is 18.2 Å². The summed E-state index contributed by atoms with van der Waals surface area (Å²) in [6, 6.07) is 0.946. The number of nitrogens with two attached hydrogens (primary N) is 1. The largest absolute Gasteiger partial charge is 0.478 e. The second-order valence-electron chi connectivity index (χ2n) is 4.11. The first kappa shape index (κ1) is 13.2. The maximum atomic E-state index is 11.1. The molecule has 17 heavy (non-hydrogen) atoms. The molecule has 0 saturated carbocycles. The van der Waals surface area contributed by atoms with E-state index in [1.807, 2.05) is 13.8 Å². The van der Waals surface area contributed by atoms with Crippen LogP contribution in [0, 0.1) is 5.92 Å². The summed E-state index contributed by atoms with van der Waals surface area (Å²) in [4.78, 5) is 21.7. The van der Waals surface area contributed by atoms with E-state index in [-0.39, 0.29) is 18.0 Å². The Kier molecular flexibility index (Phi) is 4.28. The normalized spacial score (nSPS) is 12.6. The van der Waals surface area contributed by atoms with Crippen molar-refractivity contribution in [2.45, 2.75) is 26.4 Å². The third-order valence-electron chi connectivity index (χ3n) is 2.37. The van der Waals surface area contributed by atoms with Crippen molar-refractivity contribution < 1.29 is 19.1 Å². The summed E-state index contributed by atoms with van der Waals surface area (Å²) in [6.07, 6.45) is 1.16. The zero-order valence-electron chi connectivity index (χ0n) is 9.77. The number of carbonyl (C=O) groups excluding carboxylic acids is 1. The van der Waals surface area contributed by atoms with E-state index in [1.54, 1.807) is 0 Å². The van der Waals surface area contributed by atoms with Gasteiger partial charge in [0, 0.05) is 0 Å². The van der Waals surface area contributed by atoms with E-state index in [0.29, 0.717) is 5.76 Å². The average Bonchev–Trinajstić information content (AvgIpc) is 2.65. The molecule has 0 aliphatic rings. The van der Waals surface area contributed by atoms with Crippen LogP contribution >= 0.6 is 0 Å². The highest BCUT2D eigenvalue weighted by molar-refractivity contribution is 5.87. The van der Waals surface area contributed by atoms with Gasteiger partial charge < -0.3 is 15.3 Å². The van der Waals surface area contributed by atoms with Crippen LogP contribution in [-0.2, 0) is 11.3 Å². The van der Waals surface area contributed by atoms with Crippen LogP contribution in [0.15, 0.2) is 16.7 Å². The highest BCUT2D eigenvalue weighted by Gasteiger charge is 2.19. The lowest BCUT2D eigenvalue weighted by Gasteiger charge is -2.17. The Morgan fingerprint density at radius 1 is 1.53 bits per heavy atom. The number of carbonyl (C=O) groups is 2. The van der Waals surface area contributed by atoms with E-state index in [1.165, 1.54) is 6.07 Å². The quantitative estimate of drug-likeness (QED) is 0.674. The summed E-state index contributed by atoms with van der Waals surface area (Å²) in [5.74, 6) is -0.976. The first-order valence-electron chi connectivity index (χ1n) is 5.25. The fourth-order valence-corrected chi connectivity index (χ4v) is 1.46. The standard InChI is InChI=1S/C11H16N2O4/c1-6(2)9(10(12)14)13-4-8-3-7(5-17-8)11(15)16/h3,5-6,9,13H,4H2,1-2H3,(H2,12,14)(H,15,16). The Hall–Kier alpha value is -1.82. The SMILES string of the molecule is CC(C)C(NCc1cc(C(=O)O)co1)C(N)=O. The van der Waals surface area contributed by atoms with E-state index < -0.39 is 17.9 Å². The fraction of sp³-hybridized carbons (Fsp3) is 0.455. The van der Waals surface area contributed by atoms with Gasteiger partial charge in [-0.15, -0.1) is 0 Å². The van der Waals surface area contributed by atoms with E-state index in [4.69, 9.17) is 15.3 Å². The summed E-state index contributed by atoms with van der Waals surface area (Å²) in [7, 11) is 0. The van der Waals surface area contributed by atoms with Crippen LogP contribution in [0.3, 0.4) is 0 Å². The van der Waals surface area contributed by atoms with Crippen molar-refractivity contribution in [2.24, 2.45) is 11.7 Å². The number of amides is 1. The van der Waals surface area contributed by atoms with Gasteiger partial charge in [-0.3, -0.25) is 10.1 Å². The molecular formula is C11H16N2O4. The first-order valence-corrected chi connectivity index (χ1v) is 5.25. The Balaban J connectivity index is 2.59. The van der Waals surface area contributed by atoms with Crippen LogP contribution in [0.5, 0.6) is 0 Å².